The van der Waals surface area contributed by atoms with E-state index in [1.807, 2.05) is 47.9 Å². The Morgan fingerprint density at radius 1 is 0.960 bits per heavy atom. The van der Waals surface area contributed by atoms with E-state index in [1.165, 1.54) is 4.90 Å². The number of nitrogens with zero attached hydrogens (tertiary/aromatic N) is 5. The molecular formula is C39H52N6O4Si. The smallest absolute Gasteiger partial charge is 0.410 e. The van der Waals surface area contributed by atoms with Gasteiger partial charge in [0, 0.05) is 25.0 Å². The number of aromatic nitrogens is 4. The van der Waals surface area contributed by atoms with Gasteiger partial charge in [-0.15, -0.1) is 5.54 Å². The van der Waals surface area contributed by atoms with Crippen molar-refractivity contribution in [3.63, 3.8) is 0 Å². The Hall–Kier alpha value is -4.69. The molecule has 50 heavy (non-hydrogen) atoms. The molecule has 0 aliphatic carbocycles. The lowest BCUT2D eigenvalue weighted by Gasteiger charge is -2.38. The van der Waals surface area contributed by atoms with Gasteiger partial charge < -0.3 is 14.8 Å². The fourth-order valence-corrected chi connectivity index (χ4v) is 11.8. The monoisotopic (exact) mass is 696 g/mol. The van der Waals surface area contributed by atoms with Crippen LogP contribution >= 0.6 is 0 Å². The number of carbonyl (C=O) groups is 2. The summed E-state index contributed by atoms with van der Waals surface area (Å²) < 4.78 is 13.2. The maximum atomic E-state index is 13.5. The van der Waals surface area contributed by atoms with Crippen molar-refractivity contribution in [2.45, 2.75) is 104 Å². The highest BCUT2D eigenvalue weighted by atomic mass is 28.3. The van der Waals surface area contributed by atoms with Gasteiger partial charge in [0.25, 0.3) is 0 Å². The Labute approximate surface area is 298 Å². The van der Waals surface area contributed by atoms with Crippen molar-refractivity contribution in [1.82, 2.24) is 24.3 Å². The molecular weight excluding hydrogens is 645 g/mol. The highest BCUT2D eigenvalue weighted by Crippen LogP contribution is 2.42. The lowest BCUT2D eigenvalue weighted by Crippen LogP contribution is -2.45. The van der Waals surface area contributed by atoms with Gasteiger partial charge >= 0.3 is 6.09 Å². The Morgan fingerprint density at radius 2 is 1.62 bits per heavy atom. The van der Waals surface area contributed by atoms with Crippen LogP contribution in [-0.2, 0) is 9.53 Å². The van der Waals surface area contributed by atoms with E-state index in [-0.39, 0.29) is 0 Å². The summed E-state index contributed by atoms with van der Waals surface area (Å²) in [7, 11) is 0.951. The highest BCUT2D eigenvalue weighted by molar-refractivity contribution is 6.90. The number of imidazole rings is 1. The van der Waals surface area contributed by atoms with Crippen LogP contribution in [0, 0.1) is 18.4 Å². The molecule has 11 heteroatoms. The minimum atomic E-state index is -2.19. The van der Waals surface area contributed by atoms with Crippen LogP contribution < -0.4 is 10.1 Å². The van der Waals surface area contributed by atoms with Gasteiger partial charge in [0.2, 0.25) is 11.8 Å². The number of pyridine rings is 3. The van der Waals surface area contributed by atoms with Gasteiger partial charge in [0.05, 0.1) is 18.4 Å². The first-order valence-corrected chi connectivity index (χ1v) is 19.4. The average Bonchev–Trinajstić information content (AvgIpc) is 3.41. The van der Waals surface area contributed by atoms with Gasteiger partial charge in [-0.2, -0.15) is 0 Å². The van der Waals surface area contributed by atoms with E-state index in [4.69, 9.17) is 19.4 Å². The van der Waals surface area contributed by atoms with Gasteiger partial charge in [0.15, 0.2) is 0 Å². The van der Waals surface area contributed by atoms with Crippen LogP contribution in [0.5, 0.6) is 5.88 Å². The number of carbonyl (C=O) groups excluding carboxylic acids is 2. The largest absolute Gasteiger partial charge is 0.481 e. The van der Waals surface area contributed by atoms with Crippen molar-refractivity contribution < 1.29 is 19.1 Å². The molecule has 4 aromatic heterocycles. The maximum Gasteiger partial charge on any atom is 0.410 e. The Kier molecular flexibility index (Phi) is 11.5. The van der Waals surface area contributed by atoms with Crippen LogP contribution in [-0.4, -0.2) is 70.1 Å². The van der Waals surface area contributed by atoms with Crippen LogP contribution in [0.4, 0.5) is 10.6 Å². The molecule has 0 bridgehead atoms. The topological polar surface area (TPSA) is 111 Å². The minimum absolute atomic E-state index is 0.323. The standard InChI is InChI=1S/C39H52N6O4Si/c1-24(2)50(25(3)4,26(5)6)22-19-31-29(16-17-32(41-31)42-36(46)28(8)44(12)38(47)49-39(9,10)11)35-34(30-15-14-20-40-37(30)48-13)43-33-23-27(7)18-21-45(33)35/h14-18,20-21,23-26,28H,1-13H3,(H,41,42,46). The molecule has 0 saturated carbocycles. The summed E-state index contributed by atoms with van der Waals surface area (Å²) >= 11 is 0. The predicted molar refractivity (Wildman–Crippen MR) is 203 cm³/mol. The van der Waals surface area contributed by atoms with Gasteiger partial charge in [-0.3, -0.25) is 14.1 Å². The van der Waals surface area contributed by atoms with Crippen molar-refractivity contribution in [2.75, 3.05) is 19.5 Å². The van der Waals surface area contributed by atoms with Crippen molar-refractivity contribution >= 4 is 31.5 Å². The molecule has 1 atom stereocenters. The summed E-state index contributed by atoms with van der Waals surface area (Å²) in [6.07, 6.45) is 3.09. The summed E-state index contributed by atoms with van der Waals surface area (Å²) in [6, 6.07) is 10.7. The molecule has 10 nitrogen and oxygen atoms in total. The van der Waals surface area contributed by atoms with Crippen LogP contribution in [0.3, 0.4) is 0 Å². The summed E-state index contributed by atoms with van der Waals surface area (Å²) in [5.74, 6) is 3.93. The number of hydrogen-bond acceptors (Lipinski definition) is 7. The third-order valence-electron chi connectivity index (χ3n) is 9.31. The first-order chi connectivity index (χ1) is 23.4. The summed E-state index contributed by atoms with van der Waals surface area (Å²) in [4.78, 5) is 42.0. The Balaban J connectivity index is 1.95. The molecule has 4 heterocycles. The number of ether oxygens (including phenoxy) is 2. The number of anilines is 1. The van der Waals surface area contributed by atoms with Gasteiger partial charge in [-0.05, 0) is 93.2 Å². The molecule has 1 N–H and O–H groups in total. The molecule has 2 amide bonds. The molecule has 4 aromatic rings. The number of likely N-dealkylation sites (N-methyl/N-ethyl adjacent to an activating group) is 1. The molecule has 0 fully saturated rings. The second-order valence-corrected chi connectivity index (χ2v) is 20.4. The first-order valence-electron chi connectivity index (χ1n) is 17.2. The van der Waals surface area contributed by atoms with E-state index in [9.17, 15) is 9.59 Å². The normalized spacial score (nSPS) is 12.6. The molecule has 0 aliphatic heterocycles. The van der Waals surface area contributed by atoms with E-state index < -0.39 is 31.7 Å². The third kappa shape index (κ3) is 7.86. The molecule has 0 aliphatic rings. The van der Waals surface area contributed by atoms with Gasteiger partial charge in [-0.1, -0.05) is 47.5 Å². The molecule has 0 aromatic carbocycles. The van der Waals surface area contributed by atoms with Gasteiger partial charge in [-0.25, -0.2) is 19.7 Å². The Morgan fingerprint density at radius 3 is 2.22 bits per heavy atom. The average molecular weight is 697 g/mol. The minimum Gasteiger partial charge on any atom is -0.481 e. The molecule has 0 radical (unpaired) electrons. The predicted octanol–water partition coefficient (Wildman–Crippen LogP) is 8.54. The second-order valence-electron chi connectivity index (χ2n) is 14.8. The number of nitrogens with one attached hydrogen (secondary N) is 1. The highest BCUT2D eigenvalue weighted by Gasteiger charge is 2.42. The quantitative estimate of drug-likeness (QED) is 0.138. The lowest BCUT2D eigenvalue weighted by molar-refractivity contribution is -0.120. The van der Waals surface area contributed by atoms with Crippen LogP contribution in [0.1, 0.15) is 80.5 Å². The number of rotatable bonds is 9. The SMILES string of the molecule is COc1ncccc1-c1nc2cc(C)ccn2c1-c1ccc(NC(=O)C(C)N(C)C(=O)OC(C)(C)C)nc1C#C[Si](C(C)C)(C(C)C)C(C)C. The zero-order valence-corrected chi connectivity index (χ0v) is 32.8. The molecule has 0 spiro atoms. The van der Waals surface area contributed by atoms with Gasteiger partial charge in [0.1, 0.15) is 42.6 Å². The van der Waals surface area contributed by atoms with E-state index in [1.54, 1.807) is 54.1 Å². The maximum absolute atomic E-state index is 13.5. The number of aryl methyl sites for hydroxylation is 1. The Bertz CT molecular complexity index is 1910. The van der Waals surface area contributed by atoms with Crippen LogP contribution in [0.25, 0.3) is 28.2 Å². The zero-order chi connectivity index (χ0) is 37.1. The van der Waals surface area contributed by atoms with E-state index in [0.717, 1.165) is 28.0 Å². The summed E-state index contributed by atoms with van der Waals surface area (Å²) in [5.41, 5.74) is 9.63. The van der Waals surface area contributed by atoms with Crippen LogP contribution in [0.2, 0.25) is 16.6 Å². The zero-order valence-electron chi connectivity index (χ0n) is 31.8. The van der Waals surface area contributed by atoms with Crippen molar-refractivity contribution in [2.24, 2.45) is 0 Å². The molecule has 266 valence electrons. The van der Waals surface area contributed by atoms with E-state index in [2.05, 4.69) is 63.3 Å². The van der Waals surface area contributed by atoms with Crippen molar-refractivity contribution in [3.8, 4) is 39.9 Å². The summed E-state index contributed by atoms with van der Waals surface area (Å²) in [5, 5.41) is 2.92. The number of hydrogen-bond donors (Lipinski definition) is 1. The van der Waals surface area contributed by atoms with E-state index in [0.29, 0.717) is 39.7 Å². The van der Waals surface area contributed by atoms with Crippen molar-refractivity contribution in [1.29, 1.82) is 0 Å². The molecule has 4 rings (SSSR count). The molecule has 0 saturated heterocycles. The first kappa shape index (κ1) is 38.1. The summed E-state index contributed by atoms with van der Waals surface area (Å²) in [6.45, 7) is 22.7. The lowest BCUT2D eigenvalue weighted by atomic mass is 10.0. The van der Waals surface area contributed by atoms with E-state index >= 15 is 0 Å². The van der Waals surface area contributed by atoms with Crippen LogP contribution in [0.15, 0.2) is 48.8 Å². The molecule has 1 unspecified atom stereocenters. The number of amides is 2. The number of methoxy groups -OCH3 is 1. The fraction of sp³-hybridized carbons (Fsp3) is 0.462. The third-order valence-corrected chi connectivity index (χ3v) is 15.6. The second kappa shape index (κ2) is 15.0. The fourth-order valence-electron chi connectivity index (χ4n) is 6.64. The number of fused-ring (bicyclic) bond motifs is 1. The van der Waals surface area contributed by atoms with Crippen molar-refractivity contribution in [3.05, 3.63) is 60.0 Å².